The summed E-state index contributed by atoms with van der Waals surface area (Å²) in [6.07, 6.45) is 3.79. The molecule has 0 aromatic heterocycles. The second kappa shape index (κ2) is 8.40. The molecule has 0 radical (unpaired) electrons. The minimum absolute atomic E-state index is 0.208. The number of methoxy groups -OCH3 is 1. The van der Waals surface area contributed by atoms with E-state index in [0.717, 1.165) is 19.7 Å². The molecule has 1 N–H and O–H groups in total. The molecule has 3 nitrogen and oxygen atoms in total. The first-order valence-corrected chi connectivity index (χ1v) is 7.75. The maximum Gasteiger partial charge on any atom is 0.0868 e. The normalized spacial score (nSPS) is 22.9. The highest BCUT2D eigenvalue weighted by Crippen LogP contribution is 2.35. The van der Waals surface area contributed by atoms with Gasteiger partial charge in [0.2, 0.25) is 0 Å². The zero-order valence-corrected chi connectivity index (χ0v) is 12.7. The summed E-state index contributed by atoms with van der Waals surface area (Å²) in [5, 5.41) is 3.54. The lowest BCUT2D eigenvalue weighted by Crippen LogP contribution is -2.32. The van der Waals surface area contributed by atoms with Gasteiger partial charge in [0, 0.05) is 26.2 Å². The largest absolute Gasteiger partial charge is 0.380 e. The number of nitrogens with one attached hydrogen (secondary N) is 1. The van der Waals surface area contributed by atoms with Crippen molar-refractivity contribution in [2.45, 2.75) is 38.9 Å². The third-order valence-electron chi connectivity index (χ3n) is 3.94. The SMILES string of the molecule is CCCNCC1CCCOC1c1ccccc1COC. The molecular formula is C17H27NO2. The molecule has 3 heteroatoms. The van der Waals surface area contributed by atoms with E-state index in [1.165, 1.54) is 30.4 Å². The van der Waals surface area contributed by atoms with E-state index in [9.17, 15) is 0 Å². The molecule has 2 unspecified atom stereocenters. The molecule has 1 heterocycles. The Bertz CT molecular complexity index is 394. The maximum atomic E-state index is 6.10. The van der Waals surface area contributed by atoms with Crippen LogP contribution < -0.4 is 5.32 Å². The summed E-state index contributed by atoms with van der Waals surface area (Å²) in [7, 11) is 1.75. The fourth-order valence-corrected chi connectivity index (χ4v) is 2.96. The van der Waals surface area contributed by atoms with Crippen LogP contribution in [0.1, 0.15) is 43.4 Å². The van der Waals surface area contributed by atoms with Crippen LogP contribution in [0.4, 0.5) is 0 Å². The molecule has 1 saturated heterocycles. The Kier molecular flexibility index (Phi) is 6.51. The minimum Gasteiger partial charge on any atom is -0.380 e. The van der Waals surface area contributed by atoms with Crippen LogP contribution in [-0.4, -0.2) is 26.8 Å². The Labute approximate surface area is 122 Å². The molecule has 0 aliphatic carbocycles. The van der Waals surface area contributed by atoms with Gasteiger partial charge in [-0.1, -0.05) is 31.2 Å². The lowest BCUT2D eigenvalue weighted by molar-refractivity contribution is -0.0288. The molecular weight excluding hydrogens is 250 g/mol. The van der Waals surface area contributed by atoms with Gasteiger partial charge in [-0.25, -0.2) is 0 Å². The summed E-state index contributed by atoms with van der Waals surface area (Å²) in [5.74, 6) is 0.563. The predicted octanol–water partition coefficient (Wildman–Crippen LogP) is 3.30. The predicted molar refractivity (Wildman–Crippen MR) is 81.7 cm³/mol. The van der Waals surface area contributed by atoms with Crippen LogP contribution in [0.25, 0.3) is 0 Å². The number of rotatable bonds is 7. The first-order chi connectivity index (χ1) is 9.86. The van der Waals surface area contributed by atoms with Crippen LogP contribution in [-0.2, 0) is 16.1 Å². The molecule has 1 aliphatic heterocycles. The molecule has 112 valence electrons. The average Bonchev–Trinajstić information content (AvgIpc) is 2.49. The highest BCUT2D eigenvalue weighted by molar-refractivity contribution is 5.29. The van der Waals surface area contributed by atoms with Crippen molar-refractivity contribution in [2.24, 2.45) is 5.92 Å². The highest BCUT2D eigenvalue weighted by atomic mass is 16.5. The maximum absolute atomic E-state index is 6.10. The van der Waals surface area contributed by atoms with Crippen LogP contribution >= 0.6 is 0 Å². The van der Waals surface area contributed by atoms with E-state index < -0.39 is 0 Å². The van der Waals surface area contributed by atoms with Crippen LogP contribution in [0, 0.1) is 5.92 Å². The van der Waals surface area contributed by atoms with Gasteiger partial charge in [-0.3, -0.25) is 0 Å². The second-order valence-electron chi connectivity index (χ2n) is 5.53. The number of ether oxygens (including phenoxy) is 2. The van der Waals surface area contributed by atoms with Crippen molar-refractivity contribution in [3.8, 4) is 0 Å². The zero-order chi connectivity index (χ0) is 14.2. The molecule has 0 amide bonds. The Balaban J connectivity index is 2.10. The van der Waals surface area contributed by atoms with Crippen molar-refractivity contribution in [3.05, 3.63) is 35.4 Å². The van der Waals surface area contributed by atoms with E-state index in [2.05, 4.69) is 36.5 Å². The molecule has 2 atom stereocenters. The van der Waals surface area contributed by atoms with Gasteiger partial charge in [0.1, 0.15) is 0 Å². The molecule has 1 aromatic rings. The topological polar surface area (TPSA) is 30.5 Å². The van der Waals surface area contributed by atoms with Crippen molar-refractivity contribution in [1.82, 2.24) is 5.32 Å². The van der Waals surface area contributed by atoms with E-state index in [-0.39, 0.29) is 6.10 Å². The lowest BCUT2D eigenvalue weighted by Gasteiger charge is -2.33. The number of benzene rings is 1. The fraction of sp³-hybridized carbons (Fsp3) is 0.647. The zero-order valence-electron chi connectivity index (χ0n) is 12.7. The molecule has 1 aliphatic rings. The third-order valence-corrected chi connectivity index (χ3v) is 3.94. The molecule has 1 aromatic carbocycles. The second-order valence-corrected chi connectivity index (χ2v) is 5.53. The summed E-state index contributed by atoms with van der Waals surface area (Å²) < 4.78 is 11.4. The number of hydrogen-bond acceptors (Lipinski definition) is 3. The van der Waals surface area contributed by atoms with Gasteiger partial charge in [-0.05, 0) is 36.9 Å². The van der Waals surface area contributed by atoms with E-state index in [4.69, 9.17) is 9.47 Å². The Hall–Kier alpha value is -0.900. The van der Waals surface area contributed by atoms with E-state index in [1.807, 2.05) is 0 Å². The molecule has 0 bridgehead atoms. The monoisotopic (exact) mass is 277 g/mol. The van der Waals surface area contributed by atoms with Gasteiger partial charge < -0.3 is 14.8 Å². The Morgan fingerprint density at radius 2 is 2.20 bits per heavy atom. The van der Waals surface area contributed by atoms with Gasteiger partial charge in [0.25, 0.3) is 0 Å². The van der Waals surface area contributed by atoms with Crippen molar-refractivity contribution in [1.29, 1.82) is 0 Å². The molecule has 2 rings (SSSR count). The molecule has 0 spiro atoms. The smallest absolute Gasteiger partial charge is 0.0868 e. The Morgan fingerprint density at radius 1 is 1.35 bits per heavy atom. The van der Waals surface area contributed by atoms with Crippen LogP contribution in [0.15, 0.2) is 24.3 Å². The fourth-order valence-electron chi connectivity index (χ4n) is 2.96. The van der Waals surface area contributed by atoms with E-state index >= 15 is 0 Å². The van der Waals surface area contributed by atoms with Gasteiger partial charge in [0.15, 0.2) is 0 Å². The van der Waals surface area contributed by atoms with Crippen LogP contribution in [0.3, 0.4) is 0 Å². The van der Waals surface area contributed by atoms with Gasteiger partial charge >= 0.3 is 0 Å². The minimum atomic E-state index is 0.208. The third kappa shape index (κ3) is 4.05. The van der Waals surface area contributed by atoms with Crippen LogP contribution in [0.2, 0.25) is 0 Å². The van der Waals surface area contributed by atoms with Crippen molar-refractivity contribution >= 4 is 0 Å². The first kappa shape index (κ1) is 15.5. The average molecular weight is 277 g/mol. The van der Waals surface area contributed by atoms with Crippen molar-refractivity contribution in [3.63, 3.8) is 0 Å². The first-order valence-electron chi connectivity index (χ1n) is 7.75. The highest BCUT2D eigenvalue weighted by Gasteiger charge is 2.28. The molecule has 0 saturated carbocycles. The van der Waals surface area contributed by atoms with Gasteiger partial charge in [-0.2, -0.15) is 0 Å². The number of hydrogen-bond donors (Lipinski definition) is 1. The van der Waals surface area contributed by atoms with E-state index in [0.29, 0.717) is 12.5 Å². The summed E-state index contributed by atoms with van der Waals surface area (Å²) in [6.45, 7) is 5.86. The summed E-state index contributed by atoms with van der Waals surface area (Å²) >= 11 is 0. The lowest BCUT2D eigenvalue weighted by atomic mass is 9.87. The Morgan fingerprint density at radius 3 is 3.00 bits per heavy atom. The standard InChI is InChI=1S/C17H27NO2/c1-3-10-18-12-14-8-6-11-20-17(14)16-9-5-4-7-15(16)13-19-2/h4-5,7,9,14,17-18H,3,6,8,10-13H2,1-2H3. The quantitative estimate of drug-likeness (QED) is 0.776. The van der Waals surface area contributed by atoms with Crippen molar-refractivity contribution < 1.29 is 9.47 Å². The molecule has 1 fully saturated rings. The summed E-state index contributed by atoms with van der Waals surface area (Å²) in [6, 6.07) is 8.51. The summed E-state index contributed by atoms with van der Waals surface area (Å²) in [4.78, 5) is 0. The van der Waals surface area contributed by atoms with E-state index in [1.54, 1.807) is 7.11 Å². The van der Waals surface area contributed by atoms with Gasteiger partial charge in [-0.15, -0.1) is 0 Å². The van der Waals surface area contributed by atoms with Gasteiger partial charge in [0.05, 0.1) is 12.7 Å². The molecule has 20 heavy (non-hydrogen) atoms. The summed E-state index contributed by atoms with van der Waals surface area (Å²) in [5.41, 5.74) is 2.56. The van der Waals surface area contributed by atoms with Crippen LogP contribution in [0.5, 0.6) is 0 Å². The van der Waals surface area contributed by atoms with Crippen molar-refractivity contribution in [2.75, 3.05) is 26.8 Å².